The van der Waals surface area contributed by atoms with E-state index in [0.29, 0.717) is 5.92 Å². The second kappa shape index (κ2) is 2.50. The molecule has 0 bridgehead atoms. The van der Waals surface area contributed by atoms with Crippen molar-refractivity contribution in [3.05, 3.63) is 0 Å². The summed E-state index contributed by atoms with van der Waals surface area (Å²) in [6.07, 6.45) is 3.78. The molecule has 10 heavy (non-hydrogen) atoms. The first-order chi connectivity index (χ1) is 4.88. The summed E-state index contributed by atoms with van der Waals surface area (Å²) in [4.78, 5) is 0. The van der Waals surface area contributed by atoms with Crippen LogP contribution in [0.1, 0.15) is 25.7 Å². The third kappa shape index (κ3) is 0.947. The Morgan fingerprint density at radius 2 is 2.10 bits per heavy atom. The fraction of sp³-hybridized carbons (Fsp3) is 1.00. The van der Waals surface area contributed by atoms with E-state index in [9.17, 15) is 4.39 Å². The fourth-order valence-electron chi connectivity index (χ4n) is 2.28. The Morgan fingerprint density at radius 3 is 2.90 bits per heavy atom. The van der Waals surface area contributed by atoms with Crippen LogP contribution in [0, 0.1) is 5.92 Å². The summed E-state index contributed by atoms with van der Waals surface area (Å²) in [5.74, 6) is 0.656. The highest BCUT2D eigenvalue weighted by Crippen LogP contribution is 2.32. The van der Waals surface area contributed by atoms with Crippen LogP contribution in [0.2, 0.25) is 0 Å². The van der Waals surface area contributed by atoms with Gasteiger partial charge in [-0.15, -0.1) is 0 Å². The van der Waals surface area contributed by atoms with Gasteiger partial charge in [-0.2, -0.15) is 0 Å². The molecule has 1 aliphatic carbocycles. The molecule has 2 aliphatic rings. The minimum absolute atomic E-state index is 0.216. The second-order valence-electron chi connectivity index (χ2n) is 3.48. The molecule has 1 saturated heterocycles. The van der Waals surface area contributed by atoms with E-state index in [0.717, 1.165) is 19.4 Å². The van der Waals surface area contributed by atoms with Gasteiger partial charge in [0.2, 0.25) is 0 Å². The van der Waals surface area contributed by atoms with Crippen LogP contribution >= 0.6 is 0 Å². The van der Waals surface area contributed by atoms with E-state index in [4.69, 9.17) is 0 Å². The Labute approximate surface area is 61.0 Å². The van der Waals surface area contributed by atoms with E-state index in [1.807, 2.05) is 0 Å². The predicted octanol–water partition coefficient (Wildman–Crippen LogP) is 1.49. The predicted molar refractivity (Wildman–Crippen MR) is 38.6 cm³/mol. The normalized spacial score (nSPS) is 47.1. The van der Waals surface area contributed by atoms with Crippen LogP contribution in [0.3, 0.4) is 0 Å². The van der Waals surface area contributed by atoms with E-state index in [1.54, 1.807) is 0 Å². The van der Waals surface area contributed by atoms with Gasteiger partial charge in [-0.25, -0.2) is 4.39 Å². The molecule has 1 saturated carbocycles. The molecule has 0 amide bonds. The first-order valence-electron chi connectivity index (χ1n) is 4.25. The first kappa shape index (κ1) is 6.59. The number of halogens is 1. The van der Waals surface area contributed by atoms with Crippen molar-refractivity contribution in [3.63, 3.8) is 0 Å². The molecule has 3 atom stereocenters. The molecule has 2 rings (SSSR count). The summed E-state index contributed by atoms with van der Waals surface area (Å²) in [7, 11) is 0. The van der Waals surface area contributed by atoms with Crippen LogP contribution in [-0.2, 0) is 0 Å². The van der Waals surface area contributed by atoms with Crippen molar-refractivity contribution in [2.45, 2.75) is 37.9 Å². The molecule has 0 aromatic heterocycles. The molecule has 58 valence electrons. The number of fused-ring (bicyclic) bond motifs is 1. The van der Waals surface area contributed by atoms with Gasteiger partial charge < -0.3 is 5.32 Å². The monoisotopic (exact) mass is 143 g/mol. The van der Waals surface area contributed by atoms with Crippen LogP contribution in [0.25, 0.3) is 0 Å². The Kier molecular flexibility index (Phi) is 1.65. The molecule has 2 heteroatoms. The molecule has 1 heterocycles. The van der Waals surface area contributed by atoms with Crippen LogP contribution in [-0.4, -0.2) is 18.8 Å². The van der Waals surface area contributed by atoms with E-state index in [1.165, 1.54) is 12.8 Å². The fourth-order valence-corrected chi connectivity index (χ4v) is 2.28. The topological polar surface area (TPSA) is 12.0 Å². The average molecular weight is 143 g/mol. The summed E-state index contributed by atoms with van der Waals surface area (Å²) in [6.45, 7) is 1.04. The van der Waals surface area contributed by atoms with Crippen LogP contribution < -0.4 is 5.32 Å². The molecule has 0 radical (unpaired) electrons. The molecular weight excluding hydrogens is 129 g/mol. The summed E-state index contributed by atoms with van der Waals surface area (Å²) in [6, 6.07) is 0.216. The highest BCUT2D eigenvalue weighted by atomic mass is 19.1. The molecule has 3 unspecified atom stereocenters. The zero-order valence-electron chi connectivity index (χ0n) is 6.15. The lowest BCUT2D eigenvalue weighted by molar-refractivity contribution is 0.168. The molecule has 0 aromatic rings. The quantitative estimate of drug-likeness (QED) is 0.541. The van der Waals surface area contributed by atoms with Gasteiger partial charge in [0, 0.05) is 6.04 Å². The smallest absolute Gasteiger partial charge is 0.116 e. The van der Waals surface area contributed by atoms with Crippen molar-refractivity contribution in [2.75, 3.05) is 6.54 Å². The van der Waals surface area contributed by atoms with Gasteiger partial charge in [0.15, 0.2) is 0 Å². The average Bonchev–Trinajstić information content (AvgIpc) is 2.36. The lowest BCUT2D eigenvalue weighted by atomic mass is 9.84. The van der Waals surface area contributed by atoms with Crippen molar-refractivity contribution in [1.29, 1.82) is 0 Å². The number of rotatable bonds is 0. The van der Waals surface area contributed by atoms with E-state index in [-0.39, 0.29) is 6.04 Å². The number of alkyl halides is 1. The molecule has 1 N–H and O–H groups in total. The molecule has 1 nitrogen and oxygen atoms in total. The lowest BCUT2D eigenvalue weighted by Gasteiger charge is -2.28. The zero-order valence-corrected chi connectivity index (χ0v) is 6.15. The Hall–Kier alpha value is -0.110. The van der Waals surface area contributed by atoms with E-state index < -0.39 is 6.17 Å². The third-order valence-electron chi connectivity index (χ3n) is 2.85. The van der Waals surface area contributed by atoms with Gasteiger partial charge in [0.25, 0.3) is 0 Å². The summed E-state index contributed by atoms with van der Waals surface area (Å²) in [5.41, 5.74) is 0. The Morgan fingerprint density at radius 1 is 1.20 bits per heavy atom. The largest absolute Gasteiger partial charge is 0.311 e. The third-order valence-corrected chi connectivity index (χ3v) is 2.85. The van der Waals surface area contributed by atoms with Crippen molar-refractivity contribution in [1.82, 2.24) is 5.32 Å². The van der Waals surface area contributed by atoms with Gasteiger partial charge in [-0.3, -0.25) is 0 Å². The SMILES string of the molecule is FC1CCCC2CCNC12. The number of hydrogen-bond acceptors (Lipinski definition) is 1. The van der Waals surface area contributed by atoms with Crippen molar-refractivity contribution in [2.24, 2.45) is 5.92 Å². The maximum Gasteiger partial charge on any atom is 0.116 e. The maximum absolute atomic E-state index is 13.1. The van der Waals surface area contributed by atoms with Gasteiger partial charge in [-0.1, -0.05) is 6.42 Å². The maximum atomic E-state index is 13.1. The molecule has 2 fully saturated rings. The van der Waals surface area contributed by atoms with Gasteiger partial charge in [0.1, 0.15) is 6.17 Å². The lowest BCUT2D eigenvalue weighted by Crippen LogP contribution is -2.39. The molecule has 1 aliphatic heterocycles. The van der Waals surface area contributed by atoms with Crippen LogP contribution in [0.15, 0.2) is 0 Å². The van der Waals surface area contributed by atoms with Crippen molar-refractivity contribution < 1.29 is 4.39 Å². The number of hydrogen-bond donors (Lipinski definition) is 1. The zero-order chi connectivity index (χ0) is 6.97. The Bertz CT molecular complexity index is 126. The summed E-state index contributed by atoms with van der Waals surface area (Å²) < 4.78 is 13.1. The Balaban J connectivity index is 2.03. The van der Waals surface area contributed by atoms with E-state index in [2.05, 4.69) is 5.32 Å². The summed E-state index contributed by atoms with van der Waals surface area (Å²) >= 11 is 0. The molecule has 0 aromatic carbocycles. The highest BCUT2D eigenvalue weighted by Gasteiger charge is 2.36. The number of nitrogens with one attached hydrogen (secondary N) is 1. The minimum atomic E-state index is -0.554. The van der Waals surface area contributed by atoms with Crippen molar-refractivity contribution in [3.8, 4) is 0 Å². The van der Waals surface area contributed by atoms with Gasteiger partial charge >= 0.3 is 0 Å². The van der Waals surface area contributed by atoms with Crippen LogP contribution in [0.5, 0.6) is 0 Å². The van der Waals surface area contributed by atoms with Crippen LogP contribution in [0.4, 0.5) is 4.39 Å². The van der Waals surface area contributed by atoms with E-state index >= 15 is 0 Å². The highest BCUT2D eigenvalue weighted by molar-refractivity contribution is 4.92. The molecular formula is C8H14FN. The standard InChI is InChI=1S/C8H14FN/c9-7-3-1-2-6-4-5-10-8(6)7/h6-8,10H,1-5H2. The van der Waals surface area contributed by atoms with Gasteiger partial charge in [0.05, 0.1) is 0 Å². The van der Waals surface area contributed by atoms with Crippen molar-refractivity contribution >= 4 is 0 Å². The first-order valence-corrected chi connectivity index (χ1v) is 4.25. The minimum Gasteiger partial charge on any atom is -0.311 e. The second-order valence-corrected chi connectivity index (χ2v) is 3.48. The molecule has 0 spiro atoms. The summed E-state index contributed by atoms with van der Waals surface area (Å²) in [5, 5.41) is 3.23. The van der Waals surface area contributed by atoms with Gasteiger partial charge in [-0.05, 0) is 31.7 Å².